The van der Waals surface area contributed by atoms with Gasteiger partial charge in [-0.2, -0.15) is 0 Å². The maximum Gasteiger partial charge on any atom is 0.308 e. The average Bonchev–Trinajstić information content (AvgIpc) is 2.86. The quantitative estimate of drug-likeness (QED) is 0.673. The van der Waals surface area contributed by atoms with Crippen molar-refractivity contribution < 1.29 is 33.3 Å². The molecule has 2 aliphatic heterocycles. The lowest BCUT2D eigenvalue weighted by Crippen LogP contribution is -2.53. The molecule has 2 aromatic carbocycles. The Balaban J connectivity index is 1.53. The maximum absolute atomic E-state index is 13.3. The zero-order valence-corrected chi connectivity index (χ0v) is 19.4. The van der Waals surface area contributed by atoms with Crippen LogP contribution in [0.3, 0.4) is 0 Å². The number of amides is 2. The van der Waals surface area contributed by atoms with Crippen molar-refractivity contribution in [3.63, 3.8) is 0 Å². The molecule has 9 nitrogen and oxygen atoms in total. The first-order valence-corrected chi connectivity index (χ1v) is 11.1. The third-order valence-electron chi connectivity index (χ3n) is 6.24. The van der Waals surface area contributed by atoms with Crippen LogP contribution in [0.4, 0.5) is 5.69 Å². The van der Waals surface area contributed by atoms with Gasteiger partial charge in [0.25, 0.3) is 11.8 Å². The molecule has 3 atom stereocenters. The predicted octanol–water partition coefficient (Wildman–Crippen LogP) is 2.89. The molecule has 2 aromatic rings. The molecule has 0 unspecified atom stereocenters. The summed E-state index contributed by atoms with van der Waals surface area (Å²) in [7, 11) is 4.59. The number of benzene rings is 2. The van der Waals surface area contributed by atoms with Crippen LogP contribution in [0.5, 0.6) is 11.5 Å². The summed E-state index contributed by atoms with van der Waals surface area (Å²) in [5.74, 6) is -0.0355. The van der Waals surface area contributed by atoms with Gasteiger partial charge in [0.05, 0.1) is 43.9 Å². The van der Waals surface area contributed by atoms with Crippen molar-refractivity contribution in [3.8, 4) is 11.5 Å². The van der Waals surface area contributed by atoms with Crippen molar-refractivity contribution in [1.82, 2.24) is 4.90 Å². The van der Waals surface area contributed by atoms with E-state index in [4.69, 9.17) is 18.9 Å². The van der Waals surface area contributed by atoms with Crippen molar-refractivity contribution >= 4 is 23.5 Å². The van der Waals surface area contributed by atoms with Gasteiger partial charge in [-0.25, -0.2) is 0 Å². The Morgan fingerprint density at radius 1 is 1.15 bits per heavy atom. The topological polar surface area (TPSA) is 103 Å². The highest BCUT2D eigenvalue weighted by atomic mass is 16.6. The van der Waals surface area contributed by atoms with Crippen LogP contribution in [0, 0.1) is 0 Å². The number of carbonyl (C=O) groups is 3. The number of hydrogen-bond acceptors (Lipinski definition) is 7. The molecule has 1 N–H and O–H groups in total. The first-order valence-electron chi connectivity index (χ1n) is 11.1. The molecule has 1 saturated heterocycles. The molecule has 2 aliphatic rings. The van der Waals surface area contributed by atoms with Gasteiger partial charge in [-0.15, -0.1) is 0 Å². The van der Waals surface area contributed by atoms with E-state index in [1.54, 1.807) is 54.4 Å². The minimum atomic E-state index is -0.365. The Labute approximate surface area is 197 Å². The van der Waals surface area contributed by atoms with Crippen molar-refractivity contribution in [1.29, 1.82) is 0 Å². The second-order valence-electron chi connectivity index (χ2n) is 8.31. The largest absolute Gasteiger partial charge is 0.496 e. The number of methoxy groups -OCH3 is 2. The third kappa shape index (κ3) is 4.84. The average molecular weight is 469 g/mol. The zero-order chi connectivity index (χ0) is 24.2. The Morgan fingerprint density at radius 3 is 2.71 bits per heavy atom. The van der Waals surface area contributed by atoms with E-state index in [1.165, 1.54) is 14.2 Å². The molecule has 2 heterocycles. The molecule has 34 heavy (non-hydrogen) atoms. The number of para-hydroxylation sites is 1. The van der Waals surface area contributed by atoms with Crippen LogP contribution in [0.2, 0.25) is 0 Å². The number of ether oxygens (including phenoxy) is 4. The second-order valence-corrected chi connectivity index (χ2v) is 8.31. The van der Waals surface area contributed by atoms with E-state index in [2.05, 4.69) is 5.32 Å². The third-order valence-corrected chi connectivity index (χ3v) is 6.24. The summed E-state index contributed by atoms with van der Waals surface area (Å²) in [6.07, 6.45) is 0.846. The van der Waals surface area contributed by atoms with E-state index >= 15 is 0 Å². The lowest BCUT2D eigenvalue weighted by atomic mass is 9.94. The van der Waals surface area contributed by atoms with Crippen molar-refractivity contribution in [2.45, 2.75) is 37.5 Å². The number of rotatable bonds is 5. The number of anilines is 1. The molecule has 180 valence electrons. The summed E-state index contributed by atoms with van der Waals surface area (Å²) in [5, 5.41) is 2.83. The Bertz CT molecular complexity index is 1090. The summed E-state index contributed by atoms with van der Waals surface area (Å²) >= 11 is 0. The number of nitrogens with one attached hydrogen (secondary N) is 1. The van der Waals surface area contributed by atoms with Crippen LogP contribution < -0.4 is 14.8 Å². The predicted molar refractivity (Wildman–Crippen MR) is 123 cm³/mol. The van der Waals surface area contributed by atoms with Gasteiger partial charge in [0.2, 0.25) is 0 Å². The van der Waals surface area contributed by atoms with Gasteiger partial charge in [0, 0.05) is 12.7 Å². The lowest BCUT2D eigenvalue weighted by molar-refractivity contribution is -0.151. The molecule has 1 fully saturated rings. The van der Waals surface area contributed by atoms with Gasteiger partial charge < -0.3 is 29.2 Å². The molecule has 4 rings (SSSR count). The highest BCUT2D eigenvalue weighted by Crippen LogP contribution is 2.33. The first kappa shape index (κ1) is 23.6. The van der Waals surface area contributed by atoms with Crippen LogP contribution in [-0.4, -0.2) is 68.8 Å². The molecular formula is C25H28N2O7. The molecule has 0 aromatic heterocycles. The van der Waals surface area contributed by atoms with E-state index in [0.717, 1.165) is 0 Å². The molecular weight excluding hydrogens is 440 g/mol. The smallest absolute Gasteiger partial charge is 0.308 e. The highest BCUT2D eigenvalue weighted by molar-refractivity contribution is 6.07. The van der Waals surface area contributed by atoms with E-state index in [9.17, 15) is 14.4 Å². The van der Waals surface area contributed by atoms with Gasteiger partial charge in [0.15, 0.2) is 0 Å². The Morgan fingerprint density at radius 2 is 1.94 bits per heavy atom. The van der Waals surface area contributed by atoms with Gasteiger partial charge in [-0.1, -0.05) is 12.1 Å². The van der Waals surface area contributed by atoms with Gasteiger partial charge >= 0.3 is 5.97 Å². The summed E-state index contributed by atoms with van der Waals surface area (Å²) < 4.78 is 22.1. The van der Waals surface area contributed by atoms with Crippen molar-refractivity contribution in [3.05, 3.63) is 53.6 Å². The van der Waals surface area contributed by atoms with E-state index in [-0.39, 0.29) is 49.1 Å². The van der Waals surface area contributed by atoms with Gasteiger partial charge in [-0.05, 0) is 43.2 Å². The molecule has 9 heteroatoms. The lowest BCUT2D eigenvalue weighted by Gasteiger charge is -2.42. The minimum Gasteiger partial charge on any atom is -0.496 e. The number of carbonyl (C=O) groups excluding carboxylic acids is 3. The van der Waals surface area contributed by atoms with Crippen molar-refractivity contribution in [2.24, 2.45) is 0 Å². The van der Waals surface area contributed by atoms with Gasteiger partial charge in [0.1, 0.15) is 24.2 Å². The number of esters is 1. The maximum atomic E-state index is 13.3. The molecule has 0 bridgehead atoms. The SMILES string of the molecule is COC(=O)C[C@@H]1CC[C@@H]2[C@H](COc3ccc(NC(=O)c4ccccc4OC)cc3C(=O)N2C)O1. The minimum absolute atomic E-state index is 0.170. The highest BCUT2D eigenvalue weighted by Gasteiger charge is 2.39. The van der Waals surface area contributed by atoms with Crippen LogP contribution in [0.25, 0.3) is 0 Å². The fourth-order valence-corrected chi connectivity index (χ4v) is 4.41. The fourth-order valence-electron chi connectivity index (χ4n) is 4.41. The second kappa shape index (κ2) is 10.1. The van der Waals surface area contributed by atoms with Crippen molar-refractivity contribution in [2.75, 3.05) is 33.2 Å². The molecule has 0 radical (unpaired) electrons. The van der Waals surface area contributed by atoms with Crippen LogP contribution >= 0.6 is 0 Å². The fraction of sp³-hybridized carbons (Fsp3) is 0.400. The number of nitrogens with zero attached hydrogens (tertiary/aromatic N) is 1. The monoisotopic (exact) mass is 468 g/mol. The van der Waals surface area contributed by atoms with E-state index < -0.39 is 0 Å². The molecule has 0 spiro atoms. The van der Waals surface area contributed by atoms with Gasteiger partial charge in [-0.3, -0.25) is 14.4 Å². The number of hydrogen-bond donors (Lipinski definition) is 1. The Hall–Kier alpha value is -3.59. The number of fused-ring (bicyclic) bond motifs is 2. The summed E-state index contributed by atoms with van der Waals surface area (Å²) in [6.45, 7) is 0.236. The molecule has 0 aliphatic carbocycles. The normalized spacial score (nSPS) is 21.8. The van der Waals surface area contributed by atoms with Crippen LogP contribution in [-0.2, 0) is 14.3 Å². The summed E-state index contributed by atoms with van der Waals surface area (Å²) in [6, 6.07) is 11.7. The van der Waals surface area contributed by atoms with E-state index in [0.29, 0.717) is 41.2 Å². The van der Waals surface area contributed by atoms with Crippen LogP contribution in [0.1, 0.15) is 40.0 Å². The standard InChI is InChI=1S/C25H28N2O7/c1-27-19-10-9-16(13-23(28)32-3)34-22(19)14-33-21-11-8-15(12-18(21)25(27)30)26-24(29)17-6-4-5-7-20(17)31-2/h4-8,11-12,16,19,22H,9-10,13-14H2,1-3H3,(H,26,29)/t16-,19+,22-/m0/s1. The zero-order valence-electron chi connectivity index (χ0n) is 19.4. The van der Waals surface area contributed by atoms with E-state index in [1.807, 2.05) is 0 Å². The molecule has 2 amide bonds. The van der Waals surface area contributed by atoms with Crippen LogP contribution in [0.15, 0.2) is 42.5 Å². The summed E-state index contributed by atoms with van der Waals surface area (Å²) in [5.41, 5.74) is 1.21. The summed E-state index contributed by atoms with van der Waals surface area (Å²) in [4.78, 5) is 39.4. The Kier molecular flexibility index (Phi) is 7.02. The molecule has 0 saturated carbocycles. The first-order chi connectivity index (χ1) is 16.4. The number of likely N-dealkylation sites (N-methyl/N-ethyl adjacent to an activating group) is 1.